The number of carbonyl (C=O) groups excluding carboxylic acids is 1. The van der Waals surface area contributed by atoms with E-state index in [-0.39, 0.29) is 5.91 Å². The zero-order valence-electron chi connectivity index (χ0n) is 10.3. The van der Waals surface area contributed by atoms with Crippen molar-refractivity contribution in [3.8, 4) is 0 Å². The van der Waals surface area contributed by atoms with E-state index in [2.05, 4.69) is 5.32 Å². The summed E-state index contributed by atoms with van der Waals surface area (Å²) in [6.45, 7) is 2.94. The van der Waals surface area contributed by atoms with E-state index in [0.717, 1.165) is 30.9 Å². The van der Waals surface area contributed by atoms with Crippen LogP contribution < -0.4 is 10.2 Å². The van der Waals surface area contributed by atoms with Gasteiger partial charge in [0.25, 0.3) is 0 Å². The van der Waals surface area contributed by atoms with Gasteiger partial charge in [-0.15, -0.1) is 0 Å². The number of anilines is 1. The van der Waals surface area contributed by atoms with Crippen molar-refractivity contribution in [1.82, 2.24) is 5.32 Å². The van der Waals surface area contributed by atoms with Crippen molar-refractivity contribution in [2.24, 2.45) is 5.92 Å². The largest absolute Gasteiger partial charge is 0.316 e. The van der Waals surface area contributed by atoms with Gasteiger partial charge in [-0.05, 0) is 49.5 Å². The number of hydrogen-bond donors (Lipinski definition) is 1. The molecule has 1 aromatic carbocycles. The molecule has 1 aromatic rings. The van der Waals surface area contributed by atoms with Crippen LogP contribution in [-0.2, 0) is 11.2 Å². The molecule has 0 spiro atoms. The highest BCUT2D eigenvalue weighted by Gasteiger charge is 2.29. The quantitative estimate of drug-likeness (QED) is 0.889. The van der Waals surface area contributed by atoms with Gasteiger partial charge in [0.1, 0.15) is 0 Å². The Balaban J connectivity index is 1.80. The fourth-order valence-electron chi connectivity index (χ4n) is 2.87. The molecular formula is C14H17ClN2O. The van der Waals surface area contributed by atoms with Gasteiger partial charge in [0, 0.05) is 17.3 Å². The summed E-state index contributed by atoms with van der Waals surface area (Å²) < 4.78 is 0. The second kappa shape index (κ2) is 4.90. The predicted octanol–water partition coefficient (Wildman–Crippen LogP) is 2.23. The Morgan fingerprint density at radius 1 is 1.44 bits per heavy atom. The van der Waals surface area contributed by atoms with Crippen molar-refractivity contribution in [3.05, 3.63) is 28.8 Å². The van der Waals surface area contributed by atoms with Crippen LogP contribution in [0.2, 0.25) is 5.02 Å². The van der Waals surface area contributed by atoms with Crippen LogP contribution in [0.3, 0.4) is 0 Å². The van der Waals surface area contributed by atoms with E-state index in [1.165, 1.54) is 12.8 Å². The van der Waals surface area contributed by atoms with E-state index >= 15 is 0 Å². The smallest absolute Gasteiger partial charge is 0.231 e. The number of halogens is 1. The highest BCUT2D eigenvalue weighted by Crippen LogP contribution is 2.32. The Hall–Kier alpha value is -1.06. The summed E-state index contributed by atoms with van der Waals surface area (Å²) in [5.41, 5.74) is 2.12. The highest BCUT2D eigenvalue weighted by molar-refractivity contribution is 6.31. The van der Waals surface area contributed by atoms with Crippen LogP contribution >= 0.6 is 11.6 Å². The van der Waals surface area contributed by atoms with E-state index in [9.17, 15) is 4.79 Å². The average molecular weight is 265 g/mol. The minimum atomic E-state index is 0.206. The second-order valence-corrected chi connectivity index (χ2v) is 5.60. The minimum Gasteiger partial charge on any atom is -0.316 e. The molecule has 2 aliphatic heterocycles. The SMILES string of the molecule is O=C1Cc2ccc(Cl)cc2N1CC1CCCNC1. The van der Waals surface area contributed by atoms with E-state index in [4.69, 9.17) is 11.6 Å². The zero-order chi connectivity index (χ0) is 12.5. The Labute approximate surface area is 112 Å². The van der Waals surface area contributed by atoms with Gasteiger partial charge in [0.2, 0.25) is 5.91 Å². The Kier molecular flexibility index (Phi) is 3.27. The molecule has 3 nitrogen and oxygen atoms in total. The number of benzene rings is 1. The standard InChI is InChI=1S/C14H17ClN2O/c15-12-4-3-11-6-14(18)17(13(11)7-12)9-10-2-1-5-16-8-10/h3-4,7,10,16H,1-2,5-6,8-9H2. The van der Waals surface area contributed by atoms with Gasteiger partial charge in [0.05, 0.1) is 6.42 Å². The molecule has 18 heavy (non-hydrogen) atoms. The van der Waals surface area contributed by atoms with Crippen molar-refractivity contribution in [1.29, 1.82) is 0 Å². The van der Waals surface area contributed by atoms with Crippen LogP contribution in [-0.4, -0.2) is 25.5 Å². The molecule has 1 N–H and O–H groups in total. The van der Waals surface area contributed by atoms with Gasteiger partial charge in [-0.3, -0.25) is 4.79 Å². The lowest BCUT2D eigenvalue weighted by Crippen LogP contribution is -2.39. The Bertz CT molecular complexity index is 469. The number of piperidine rings is 1. The van der Waals surface area contributed by atoms with Gasteiger partial charge in [-0.25, -0.2) is 0 Å². The van der Waals surface area contributed by atoms with Crippen LogP contribution in [0, 0.1) is 5.92 Å². The molecular weight excluding hydrogens is 248 g/mol. The van der Waals surface area contributed by atoms with Crippen LogP contribution in [0.4, 0.5) is 5.69 Å². The molecule has 1 atom stereocenters. The van der Waals surface area contributed by atoms with Gasteiger partial charge >= 0.3 is 0 Å². The number of nitrogens with zero attached hydrogens (tertiary/aromatic N) is 1. The first-order valence-corrected chi connectivity index (χ1v) is 6.91. The van der Waals surface area contributed by atoms with E-state index in [1.807, 2.05) is 23.1 Å². The molecule has 0 radical (unpaired) electrons. The topological polar surface area (TPSA) is 32.3 Å². The van der Waals surface area contributed by atoms with Crippen molar-refractivity contribution < 1.29 is 4.79 Å². The number of carbonyl (C=O) groups is 1. The third-order valence-electron chi connectivity index (χ3n) is 3.82. The first kappa shape index (κ1) is 12.0. The lowest BCUT2D eigenvalue weighted by molar-refractivity contribution is -0.117. The Morgan fingerprint density at radius 3 is 3.11 bits per heavy atom. The number of rotatable bonds is 2. The summed E-state index contributed by atoms with van der Waals surface area (Å²) in [6, 6.07) is 5.74. The van der Waals surface area contributed by atoms with Gasteiger partial charge in [0.15, 0.2) is 0 Å². The number of amides is 1. The molecule has 0 saturated carbocycles. The monoisotopic (exact) mass is 264 g/mol. The molecule has 1 amide bonds. The van der Waals surface area contributed by atoms with Crippen molar-refractivity contribution >= 4 is 23.2 Å². The highest BCUT2D eigenvalue weighted by atomic mass is 35.5. The normalized spacial score (nSPS) is 23.3. The fraction of sp³-hybridized carbons (Fsp3) is 0.500. The molecule has 1 unspecified atom stereocenters. The number of nitrogens with one attached hydrogen (secondary N) is 1. The zero-order valence-corrected chi connectivity index (χ0v) is 11.0. The molecule has 0 bridgehead atoms. The number of hydrogen-bond acceptors (Lipinski definition) is 2. The van der Waals surface area contributed by atoms with E-state index in [1.54, 1.807) is 0 Å². The number of fused-ring (bicyclic) bond motifs is 1. The third-order valence-corrected chi connectivity index (χ3v) is 4.06. The second-order valence-electron chi connectivity index (χ2n) is 5.17. The van der Waals surface area contributed by atoms with E-state index < -0.39 is 0 Å². The molecule has 0 aliphatic carbocycles. The lowest BCUT2D eigenvalue weighted by atomic mass is 9.99. The van der Waals surface area contributed by atoms with E-state index in [0.29, 0.717) is 17.4 Å². The van der Waals surface area contributed by atoms with Crippen LogP contribution in [0.15, 0.2) is 18.2 Å². The summed E-state index contributed by atoms with van der Waals surface area (Å²) in [5, 5.41) is 4.10. The average Bonchev–Trinajstić information content (AvgIpc) is 2.67. The van der Waals surface area contributed by atoms with Gasteiger partial charge in [-0.2, -0.15) is 0 Å². The molecule has 2 heterocycles. The van der Waals surface area contributed by atoms with Gasteiger partial charge in [-0.1, -0.05) is 17.7 Å². The van der Waals surface area contributed by atoms with Crippen LogP contribution in [0.25, 0.3) is 0 Å². The molecule has 96 valence electrons. The summed E-state index contributed by atoms with van der Waals surface area (Å²) in [4.78, 5) is 14.0. The maximum absolute atomic E-state index is 12.1. The first-order valence-electron chi connectivity index (χ1n) is 6.53. The lowest BCUT2D eigenvalue weighted by Gasteiger charge is -2.28. The molecule has 1 fully saturated rings. The van der Waals surface area contributed by atoms with Crippen molar-refractivity contribution in [3.63, 3.8) is 0 Å². The summed E-state index contributed by atoms with van der Waals surface area (Å²) in [6.07, 6.45) is 2.93. The van der Waals surface area contributed by atoms with Crippen LogP contribution in [0.5, 0.6) is 0 Å². The summed E-state index contributed by atoms with van der Waals surface area (Å²) >= 11 is 6.03. The maximum atomic E-state index is 12.1. The third kappa shape index (κ3) is 2.25. The fourth-order valence-corrected chi connectivity index (χ4v) is 3.03. The van der Waals surface area contributed by atoms with Crippen molar-refractivity contribution in [2.75, 3.05) is 24.5 Å². The molecule has 1 saturated heterocycles. The van der Waals surface area contributed by atoms with Gasteiger partial charge < -0.3 is 10.2 Å². The predicted molar refractivity (Wildman–Crippen MR) is 73.1 cm³/mol. The van der Waals surface area contributed by atoms with Crippen molar-refractivity contribution in [2.45, 2.75) is 19.3 Å². The summed E-state index contributed by atoms with van der Waals surface area (Å²) in [5.74, 6) is 0.769. The molecule has 3 rings (SSSR count). The maximum Gasteiger partial charge on any atom is 0.231 e. The minimum absolute atomic E-state index is 0.206. The molecule has 0 aromatic heterocycles. The Morgan fingerprint density at radius 2 is 2.33 bits per heavy atom. The summed E-state index contributed by atoms with van der Waals surface area (Å²) in [7, 11) is 0. The van der Waals surface area contributed by atoms with Crippen LogP contribution in [0.1, 0.15) is 18.4 Å². The first-order chi connectivity index (χ1) is 8.74. The molecule has 2 aliphatic rings. The molecule has 4 heteroatoms.